The molecule has 0 bridgehead atoms. The zero-order valence-corrected chi connectivity index (χ0v) is 9.73. The van der Waals surface area contributed by atoms with E-state index in [0.717, 1.165) is 5.69 Å². The highest BCUT2D eigenvalue weighted by molar-refractivity contribution is 5.70. The van der Waals surface area contributed by atoms with E-state index in [1.807, 2.05) is 20.8 Å². The largest absolute Gasteiger partial charge is 0.481 e. The van der Waals surface area contributed by atoms with E-state index in [0.29, 0.717) is 12.1 Å². The molecule has 5 heteroatoms. The lowest BCUT2D eigenvalue weighted by molar-refractivity contribution is -0.136. The molecule has 0 aromatic carbocycles. The maximum absolute atomic E-state index is 11.7. The van der Waals surface area contributed by atoms with Gasteiger partial charge in [0.15, 0.2) is 0 Å². The second-order valence-corrected chi connectivity index (χ2v) is 3.94. The number of rotatable bonds is 4. The van der Waals surface area contributed by atoms with Crippen LogP contribution in [0.2, 0.25) is 0 Å². The number of carboxylic acids is 1. The third-order valence-electron chi connectivity index (χ3n) is 2.30. The first-order valence-electron chi connectivity index (χ1n) is 5.28. The molecule has 0 radical (unpaired) electrons. The van der Waals surface area contributed by atoms with Gasteiger partial charge in [-0.1, -0.05) is 13.8 Å². The number of aliphatic carboxylic acids is 1. The van der Waals surface area contributed by atoms with E-state index >= 15 is 0 Å². The van der Waals surface area contributed by atoms with Crippen LogP contribution in [0.5, 0.6) is 0 Å². The molecule has 5 nitrogen and oxygen atoms in total. The van der Waals surface area contributed by atoms with Gasteiger partial charge in [-0.3, -0.25) is 9.59 Å². The van der Waals surface area contributed by atoms with Crippen LogP contribution in [0, 0.1) is 0 Å². The molecule has 1 aromatic rings. The van der Waals surface area contributed by atoms with Crippen molar-refractivity contribution in [2.45, 2.75) is 39.7 Å². The van der Waals surface area contributed by atoms with Crippen molar-refractivity contribution >= 4 is 5.97 Å². The topological polar surface area (TPSA) is 72.2 Å². The zero-order chi connectivity index (χ0) is 12.3. The van der Waals surface area contributed by atoms with Crippen LogP contribution < -0.4 is 5.56 Å². The molecule has 0 saturated carbocycles. The number of hydrogen-bond acceptors (Lipinski definition) is 3. The lowest BCUT2D eigenvalue weighted by atomic mass is 10.1. The smallest absolute Gasteiger partial charge is 0.308 e. The molecule has 0 aliphatic carbocycles. The summed E-state index contributed by atoms with van der Waals surface area (Å²) in [6.45, 7) is 6.17. The van der Waals surface area contributed by atoms with E-state index in [4.69, 9.17) is 5.11 Å². The highest BCUT2D eigenvalue weighted by Crippen LogP contribution is 2.10. The van der Waals surface area contributed by atoms with Gasteiger partial charge in [0.1, 0.15) is 0 Å². The molecule has 16 heavy (non-hydrogen) atoms. The SMILES string of the molecule is CCn1nc(C(C)C)cc(CC(=O)O)c1=O. The van der Waals surface area contributed by atoms with Gasteiger partial charge in [0.05, 0.1) is 12.1 Å². The Morgan fingerprint density at radius 2 is 2.19 bits per heavy atom. The van der Waals surface area contributed by atoms with Gasteiger partial charge in [0.25, 0.3) is 5.56 Å². The van der Waals surface area contributed by atoms with Crippen LogP contribution in [0.4, 0.5) is 0 Å². The molecule has 0 saturated heterocycles. The fourth-order valence-corrected chi connectivity index (χ4v) is 1.41. The van der Waals surface area contributed by atoms with Gasteiger partial charge in [-0.05, 0) is 18.9 Å². The Morgan fingerprint density at radius 3 is 2.62 bits per heavy atom. The molecule has 0 aliphatic rings. The van der Waals surface area contributed by atoms with Gasteiger partial charge in [-0.25, -0.2) is 4.68 Å². The van der Waals surface area contributed by atoms with Crippen LogP contribution in [-0.2, 0) is 17.8 Å². The monoisotopic (exact) mass is 224 g/mol. The zero-order valence-electron chi connectivity index (χ0n) is 9.73. The Bertz CT molecular complexity index is 449. The number of nitrogens with zero attached hydrogens (tertiary/aromatic N) is 2. The number of aryl methyl sites for hydroxylation is 1. The van der Waals surface area contributed by atoms with Crippen molar-refractivity contribution in [1.29, 1.82) is 0 Å². The van der Waals surface area contributed by atoms with E-state index in [9.17, 15) is 9.59 Å². The number of aromatic nitrogens is 2. The summed E-state index contributed by atoms with van der Waals surface area (Å²) >= 11 is 0. The van der Waals surface area contributed by atoms with Crippen LogP contribution in [0.3, 0.4) is 0 Å². The summed E-state index contributed by atoms with van der Waals surface area (Å²) in [5, 5.41) is 12.9. The molecule has 0 spiro atoms. The third-order valence-corrected chi connectivity index (χ3v) is 2.30. The Labute approximate surface area is 93.7 Å². The molecule has 1 aromatic heterocycles. The van der Waals surface area contributed by atoms with E-state index < -0.39 is 5.97 Å². The normalized spacial score (nSPS) is 10.8. The van der Waals surface area contributed by atoms with Gasteiger partial charge in [0.2, 0.25) is 0 Å². The van der Waals surface area contributed by atoms with Gasteiger partial charge in [0, 0.05) is 12.1 Å². The minimum absolute atomic E-state index is 0.172. The number of hydrogen-bond donors (Lipinski definition) is 1. The molecule has 0 aliphatic heterocycles. The summed E-state index contributed by atoms with van der Waals surface area (Å²) in [5.41, 5.74) is 0.736. The van der Waals surface area contributed by atoms with Crippen LogP contribution in [0.15, 0.2) is 10.9 Å². The molecule has 0 atom stereocenters. The lowest BCUT2D eigenvalue weighted by Gasteiger charge is -2.10. The Morgan fingerprint density at radius 1 is 1.56 bits per heavy atom. The molecule has 1 rings (SSSR count). The van der Waals surface area contributed by atoms with Crippen molar-refractivity contribution in [1.82, 2.24) is 9.78 Å². The van der Waals surface area contributed by atoms with Crippen molar-refractivity contribution in [2.24, 2.45) is 0 Å². The second-order valence-electron chi connectivity index (χ2n) is 3.94. The number of carbonyl (C=O) groups is 1. The fourth-order valence-electron chi connectivity index (χ4n) is 1.41. The summed E-state index contributed by atoms with van der Waals surface area (Å²) in [7, 11) is 0. The Kier molecular flexibility index (Phi) is 3.82. The summed E-state index contributed by atoms with van der Waals surface area (Å²) in [4.78, 5) is 22.4. The second kappa shape index (κ2) is 4.92. The molecule has 1 heterocycles. The summed E-state index contributed by atoms with van der Waals surface area (Å²) < 4.78 is 1.31. The minimum atomic E-state index is -0.999. The van der Waals surface area contributed by atoms with Gasteiger partial charge >= 0.3 is 5.97 Å². The van der Waals surface area contributed by atoms with Crippen molar-refractivity contribution in [2.75, 3.05) is 0 Å². The van der Waals surface area contributed by atoms with E-state index in [2.05, 4.69) is 5.10 Å². The Balaban J connectivity index is 3.30. The quantitative estimate of drug-likeness (QED) is 0.828. The molecule has 88 valence electrons. The van der Waals surface area contributed by atoms with Crippen molar-refractivity contribution in [3.05, 3.63) is 27.7 Å². The Hall–Kier alpha value is -1.65. The third kappa shape index (κ3) is 2.68. The fraction of sp³-hybridized carbons (Fsp3) is 0.545. The molecule has 0 amide bonds. The van der Waals surface area contributed by atoms with Crippen molar-refractivity contribution in [3.63, 3.8) is 0 Å². The van der Waals surface area contributed by atoms with E-state index in [1.54, 1.807) is 6.07 Å². The van der Waals surface area contributed by atoms with Crippen LogP contribution in [-0.4, -0.2) is 20.9 Å². The lowest BCUT2D eigenvalue weighted by Crippen LogP contribution is -2.28. The van der Waals surface area contributed by atoms with Gasteiger partial charge in [-0.15, -0.1) is 0 Å². The highest BCUT2D eigenvalue weighted by Gasteiger charge is 2.12. The predicted octanol–water partition coefficient (Wildman–Crippen LogP) is 1.01. The molecule has 1 N–H and O–H groups in total. The maximum Gasteiger partial charge on any atom is 0.308 e. The van der Waals surface area contributed by atoms with Crippen molar-refractivity contribution < 1.29 is 9.90 Å². The first-order chi connectivity index (χ1) is 7.45. The van der Waals surface area contributed by atoms with Gasteiger partial charge < -0.3 is 5.11 Å². The maximum atomic E-state index is 11.7. The predicted molar refractivity (Wildman–Crippen MR) is 59.6 cm³/mol. The first-order valence-corrected chi connectivity index (χ1v) is 5.28. The van der Waals surface area contributed by atoms with Crippen LogP contribution in [0.25, 0.3) is 0 Å². The molecular weight excluding hydrogens is 208 g/mol. The summed E-state index contributed by atoms with van der Waals surface area (Å²) in [6, 6.07) is 1.59. The summed E-state index contributed by atoms with van der Waals surface area (Å²) in [6.07, 6.45) is -0.249. The average Bonchev–Trinajstić information content (AvgIpc) is 2.20. The first kappa shape index (κ1) is 12.4. The highest BCUT2D eigenvalue weighted by atomic mass is 16.4. The van der Waals surface area contributed by atoms with E-state index in [1.165, 1.54) is 4.68 Å². The van der Waals surface area contributed by atoms with Crippen LogP contribution >= 0.6 is 0 Å². The average molecular weight is 224 g/mol. The molecule has 0 fully saturated rings. The van der Waals surface area contributed by atoms with E-state index in [-0.39, 0.29) is 17.9 Å². The minimum Gasteiger partial charge on any atom is -0.481 e. The molecule has 0 unspecified atom stereocenters. The number of carboxylic acid groups (broad SMARTS) is 1. The molecular formula is C11H16N2O3. The standard InChI is InChI=1S/C11H16N2O3/c1-4-13-11(16)8(6-10(14)15)5-9(12-13)7(2)3/h5,7H,4,6H2,1-3H3,(H,14,15). The van der Waals surface area contributed by atoms with Gasteiger partial charge in [-0.2, -0.15) is 5.10 Å². The summed E-state index contributed by atoms with van der Waals surface area (Å²) in [5.74, 6) is -0.827. The van der Waals surface area contributed by atoms with Crippen molar-refractivity contribution in [3.8, 4) is 0 Å². The van der Waals surface area contributed by atoms with Crippen LogP contribution in [0.1, 0.15) is 37.9 Å².